The Bertz CT molecular complexity index is 985. The number of aromatic nitrogens is 1. The van der Waals surface area contributed by atoms with Gasteiger partial charge < -0.3 is 9.30 Å². The summed E-state index contributed by atoms with van der Waals surface area (Å²) in [5.74, 6) is -0.608. The summed E-state index contributed by atoms with van der Waals surface area (Å²) in [5.41, 5.74) is 3.42. The minimum atomic E-state index is -0.608. The van der Waals surface area contributed by atoms with Crippen LogP contribution in [0.1, 0.15) is 86.7 Å². The zero-order chi connectivity index (χ0) is 23.3. The number of hydrogen-bond donors (Lipinski definition) is 0. The Hall–Kier alpha value is -2.87. The summed E-state index contributed by atoms with van der Waals surface area (Å²) in [5, 5.41) is 8.96. The molecule has 5 nitrogen and oxygen atoms in total. The van der Waals surface area contributed by atoms with E-state index in [1.54, 1.807) is 10.8 Å². The van der Waals surface area contributed by atoms with E-state index < -0.39 is 5.97 Å². The zero-order valence-electron chi connectivity index (χ0n) is 19.8. The number of carbonyl (C=O) groups is 1. The van der Waals surface area contributed by atoms with E-state index >= 15 is 0 Å². The minimum Gasteiger partial charge on any atom is -0.462 e. The highest BCUT2D eigenvalue weighted by molar-refractivity contribution is 5.90. The Balaban J connectivity index is 2.33. The van der Waals surface area contributed by atoms with Gasteiger partial charge in [-0.15, -0.1) is 0 Å². The SMILES string of the molecule is CCCCCCCCc1cc(-c2cn(CCC#N)cc(C(=O)OCCC)c2=O)ccc1C. The molecule has 1 heterocycles. The number of aryl methyl sites for hydroxylation is 3. The third-order valence-corrected chi connectivity index (χ3v) is 5.68. The first-order valence-electron chi connectivity index (χ1n) is 11.9. The van der Waals surface area contributed by atoms with Gasteiger partial charge in [0, 0.05) is 24.5 Å². The highest BCUT2D eigenvalue weighted by atomic mass is 16.5. The van der Waals surface area contributed by atoms with Crippen LogP contribution in [-0.2, 0) is 17.7 Å². The number of hydrogen-bond acceptors (Lipinski definition) is 4. The van der Waals surface area contributed by atoms with E-state index in [0.717, 1.165) is 18.4 Å². The molecular formula is C27H36N2O3. The van der Waals surface area contributed by atoms with E-state index in [9.17, 15) is 9.59 Å². The van der Waals surface area contributed by atoms with Gasteiger partial charge in [-0.05, 0) is 42.9 Å². The molecule has 172 valence electrons. The molecule has 5 heteroatoms. The summed E-state index contributed by atoms with van der Waals surface area (Å²) in [6, 6.07) is 8.17. The molecule has 0 fully saturated rings. The van der Waals surface area contributed by atoms with Crippen LogP contribution in [-0.4, -0.2) is 17.1 Å². The maximum absolute atomic E-state index is 13.2. The van der Waals surface area contributed by atoms with Gasteiger partial charge in [0.2, 0.25) is 5.43 Å². The van der Waals surface area contributed by atoms with E-state index in [4.69, 9.17) is 10.00 Å². The lowest BCUT2D eigenvalue weighted by Gasteiger charge is -2.13. The maximum Gasteiger partial charge on any atom is 0.343 e. The summed E-state index contributed by atoms with van der Waals surface area (Å²) in [6.07, 6.45) is 12.6. The van der Waals surface area contributed by atoms with Crippen molar-refractivity contribution in [3.8, 4) is 17.2 Å². The summed E-state index contributed by atoms with van der Waals surface area (Å²) >= 11 is 0. The molecule has 0 aliphatic carbocycles. The van der Waals surface area contributed by atoms with Gasteiger partial charge in [0.25, 0.3) is 0 Å². The van der Waals surface area contributed by atoms with Crippen LogP contribution in [0.4, 0.5) is 0 Å². The Morgan fingerprint density at radius 1 is 1.06 bits per heavy atom. The van der Waals surface area contributed by atoms with Gasteiger partial charge in [-0.2, -0.15) is 5.26 Å². The molecule has 0 N–H and O–H groups in total. The number of rotatable bonds is 13. The molecule has 0 spiro atoms. The number of nitriles is 1. The highest BCUT2D eigenvalue weighted by Crippen LogP contribution is 2.22. The van der Waals surface area contributed by atoms with E-state index in [2.05, 4.69) is 26.0 Å². The van der Waals surface area contributed by atoms with Crippen LogP contribution in [0.3, 0.4) is 0 Å². The van der Waals surface area contributed by atoms with Crippen molar-refractivity contribution >= 4 is 5.97 Å². The van der Waals surface area contributed by atoms with Gasteiger partial charge in [-0.3, -0.25) is 4.79 Å². The van der Waals surface area contributed by atoms with Crippen LogP contribution in [0.25, 0.3) is 11.1 Å². The number of benzene rings is 1. The van der Waals surface area contributed by atoms with Gasteiger partial charge in [0.1, 0.15) is 5.56 Å². The number of ether oxygens (including phenoxy) is 1. The molecule has 0 bridgehead atoms. The molecule has 0 aliphatic rings. The fourth-order valence-corrected chi connectivity index (χ4v) is 3.77. The molecule has 0 saturated heterocycles. The second kappa shape index (κ2) is 13.5. The topological polar surface area (TPSA) is 72.1 Å². The van der Waals surface area contributed by atoms with Gasteiger partial charge in [-0.25, -0.2) is 4.79 Å². The summed E-state index contributed by atoms with van der Waals surface area (Å²) < 4.78 is 6.97. The third kappa shape index (κ3) is 7.37. The summed E-state index contributed by atoms with van der Waals surface area (Å²) in [7, 11) is 0. The molecule has 0 atom stereocenters. The van der Waals surface area contributed by atoms with Crippen LogP contribution in [0.15, 0.2) is 35.4 Å². The van der Waals surface area contributed by atoms with Crippen molar-refractivity contribution < 1.29 is 9.53 Å². The van der Waals surface area contributed by atoms with Crippen molar-refractivity contribution in [3.05, 3.63) is 57.5 Å². The Labute approximate surface area is 192 Å². The number of nitrogens with zero attached hydrogens (tertiary/aromatic N) is 2. The average molecular weight is 437 g/mol. The molecule has 0 unspecified atom stereocenters. The molecule has 0 radical (unpaired) electrons. The maximum atomic E-state index is 13.2. The van der Waals surface area contributed by atoms with Crippen molar-refractivity contribution in [1.29, 1.82) is 5.26 Å². The number of carbonyl (C=O) groups excluding carboxylic acids is 1. The summed E-state index contributed by atoms with van der Waals surface area (Å²) in [4.78, 5) is 25.7. The zero-order valence-corrected chi connectivity index (χ0v) is 19.8. The van der Waals surface area contributed by atoms with Crippen molar-refractivity contribution in [2.24, 2.45) is 0 Å². The minimum absolute atomic E-state index is 0.0203. The molecule has 0 saturated carbocycles. The summed E-state index contributed by atoms with van der Waals surface area (Å²) in [6.45, 7) is 6.91. The van der Waals surface area contributed by atoms with E-state index in [1.807, 2.05) is 19.1 Å². The third-order valence-electron chi connectivity index (χ3n) is 5.68. The Kier molecular flexibility index (Phi) is 10.7. The second-order valence-electron chi connectivity index (χ2n) is 8.36. The van der Waals surface area contributed by atoms with Crippen LogP contribution in [0.2, 0.25) is 0 Å². The fraction of sp³-hybridized carbons (Fsp3) is 0.519. The predicted octanol–water partition coefficient (Wildman–Crippen LogP) is 6.21. The molecule has 1 aromatic carbocycles. The van der Waals surface area contributed by atoms with Gasteiger partial charge in [0.15, 0.2) is 0 Å². The lowest BCUT2D eigenvalue weighted by atomic mass is 9.96. The largest absolute Gasteiger partial charge is 0.462 e. The molecule has 2 aromatic rings. The molecule has 0 amide bonds. The van der Waals surface area contributed by atoms with Crippen molar-refractivity contribution in [1.82, 2.24) is 4.57 Å². The number of unbranched alkanes of at least 4 members (excludes halogenated alkanes) is 5. The quantitative estimate of drug-likeness (QED) is 0.276. The first-order chi connectivity index (χ1) is 15.5. The van der Waals surface area contributed by atoms with E-state index in [-0.39, 0.29) is 17.6 Å². The van der Waals surface area contributed by atoms with Crippen LogP contribution < -0.4 is 5.43 Å². The number of esters is 1. The molecule has 32 heavy (non-hydrogen) atoms. The normalized spacial score (nSPS) is 10.7. The molecular weight excluding hydrogens is 400 g/mol. The monoisotopic (exact) mass is 436 g/mol. The van der Waals surface area contributed by atoms with Gasteiger partial charge in [0.05, 0.1) is 19.1 Å². The first-order valence-corrected chi connectivity index (χ1v) is 11.9. The average Bonchev–Trinajstić information content (AvgIpc) is 2.80. The van der Waals surface area contributed by atoms with Crippen molar-refractivity contribution in [2.45, 2.75) is 85.1 Å². The Morgan fingerprint density at radius 3 is 2.53 bits per heavy atom. The first kappa shape index (κ1) is 25.4. The Morgan fingerprint density at radius 2 is 1.81 bits per heavy atom. The van der Waals surface area contributed by atoms with Crippen LogP contribution in [0.5, 0.6) is 0 Å². The highest BCUT2D eigenvalue weighted by Gasteiger charge is 2.18. The predicted molar refractivity (Wildman–Crippen MR) is 129 cm³/mol. The smallest absolute Gasteiger partial charge is 0.343 e. The fourth-order valence-electron chi connectivity index (χ4n) is 3.77. The van der Waals surface area contributed by atoms with Crippen molar-refractivity contribution in [2.75, 3.05) is 6.61 Å². The standard InChI is InChI=1S/C27H36N2O3/c1-4-6-7-8-9-10-12-22-18-23(14-13-21(22)3)24-19-29(16-11-15-28)20-25(26(24)30)27(31)32-17-5-2/h13-14,18-20H,4-12,16-17H2,1-3H3. The molecule has 1 aromatic heterocycles. The lowest BCUT2D eigenvalue weighted by molar-refractivity contribution is 0.0502. The molecule has 0 aliphatic heterocycles. The van der Waals surface area contributed by atoms with Gasteiger partial charge >= 0.3 is 5.97 Å². The number of pyridine rings is 1. The van der Waals surface area contributed by atoms with Crippen LogP contribution >= 0.6 is 0 Å². The van der Waals surface area contributed by atoms with E-state index in [1.165, 1.54) is 49.4 Å². The second-order valence-corrected chi connectivity index (χ2v) is 8.36. The molecule has 2 rings (SSSR count). The lowest BCUT2D eigenvalue weighted by Crippen LogP contribution is -2.22. The van der Waals surface area contributed by atoms with E-state index in [0.29, 0.717) is 24.9 Å². The van der Waals surface area contributed by atoms with Gasteiger partial charge in [-0.1, -0.05) is 64.2 Å². The van der Waals surface area contributed by atoms with Crippen molar-refractivity contribution in [3.63, 3.8) is 0 Å². The van der Waals surface area contributed by atoms with Crippen LogP contribution in [0, 0.1) is 18.3 Å².